The number of carbonyl (C=O) groups is 3. The molecule has 2 aromatic rings. The SMILES string of the molecule is O=C(OCCSc1ccc(Cl)cc1)c1ccc(N2C(=O)CCC2=O)cc1. The van der Waals surface area contributed by atoms with E-state index in [1.54, 1.807) is 36.0 Å². The van der Waals surface area contributed by atoms with Gasteiger partial charge in [-0.1, -0.05) is 11.6 Å². The summed E-state index contributed by atoms with van der Waals surface area (Å²) in [5, 5.41) is 0.682. The van der Waals surface area contributed by atoms with Crippen LogP contribution in [0.15, 0.2) is 53.4 Å². The Kier molecular flexibility index (Phi) is 5.96. The van der Waals surface area contributed by atoms with Gasteiger partial charge in [0, 0.05) is 28.5 Å². The van der Waals surface area contributed by atoms with Crippen molar-refractivity contribution in [3.8, 4) is 0 Å². The third kappa shape index (κ3) is 4.45. The molecule has 3 rings (SSSR count). The Labute approximate surface area is 160 Å². The Bertz CT molecular complexity index is 804. The Hall–Kier alpha value is -2.31. The summed E-state index contributed by atoms with van der Waals surface area (Å²) in [5.41, 5.74) is 0.858. The van der Waals surface area contributed by atoms with Gasteiger partial charge in [-0.25, -0.2) is 4.79 Å². The average molecular weight is 390 g/mol. The number of nitrogens with zero attached hydrogens (tertiary/aromatic N) is 1. The van der Waals surface area contributed by atoms with Crippen LogP contribution in [0.1, 0.15) is 23.2 Å². The van der Waals surface area contributed by atoms with Crippen LogP contribution in [0.25, 0.3) is 0 Å². The van der Waals surface area contributed by atoms with Crippen molar-refractivity contribution in [2.45, 2.75) is 17.7 Å². The zero-order valence-electron chi connectivity index (χ0n) is 13.8. The van der Waals surface area contributed by atoms with E-state index in [2.05, 4.69) is 0 Å². The molecular weight excluding hydrogens is 374 g/mol. The van der Waals surface area contributed by atoms with Gasteiger partial charge in [0.25, 0.3) is 0 Å². The van der Waals surface area contributed by atoms with Crippen molar-refractivity contribution in [1.29, 1.82) is 0 Å². The predicted molar refractivity (Wildman–Crippen MR) is 101 cm³/mol. The van der Waals surface area contributed by atoms with Crippen molar-refractivity contribution in [3.63, 3.8) is 0 Å². The zero-order valence-corrected chi connectivity index (χ0v) is 15.4. The van der Waals surface area contributed by atoms with Crippen LogP contribution in [0.5, 0.6) is 0 Å². The number of benzene rings is 2. The van der Waals surface area contributed by atoms with Crippen molar-refractivity contribution >= 4 is 46.8 Å². The lowest BCUT2D eigenvalue weighted by molar-refractivity contribution is -0.121. The molecule has 0 spiro atoms. The van der Waals surface area contributed by atoms with Gasteiger partial charge in [0.1, 0.15) is 6.61 Å². The molecule has 1 saturated heterocycles. The van der Waals surface area contributed by atoms with E-state index in [0.29, 0.717) is 22.0 Å². The van der Waals surface area contributed by atoms with Crippen molar-refractivity contribution in [2.24, 2.45) is 0 Å². The number of thioether (sulfide) groups is 1. The number of rotatable bonds is 6. The highest BCUT2D eigenvalue weighted by Crippen LogP contribution is 2.23. The number of halogens is 1. The van der Waals surface area contributed by atoms with Gasteiger partial charge in [0.15, 0.2) is 0 Å². The molecule has 1 aliphatic heterocycles. The largest absolute Gasteiger partial charge is 0.461 e. The summed E-state index contributed by atoms with van der Waals surface area (Å²) in [4.78, 5) is 37.7. The second-order valence-electron chi connectivity index (χ2n) is 5.61. The summed E-state index contributed by atoms with van der Waals surface area (Å²) < 4.78 is 5.25. The van der Waals surface area contributed by atoms with Gasteiger partial charge in [-0.15, -0.1) is 11.8 Å². The van der Waals surface area contributed by atoms with Gasteiger partial charge in [-0.2, -0.15) is 0 Å². The molecule has 0 saturated carbocycles. The Morgan fingerprint density at radius 2 is 1.62 bits per heavy atom. The molecular formula is C19H16ClNO4S. The molecule has 26 heavy (non-hydrogen) atoms. The topological polar surface area (TPSA) is 63.7 Å². The molecule has 1 fully saturated rings. The van der Waals surface area contributed by atoms with E-state index in [0.717, 1.165) is 9.80 Å². The number of esters is 1. The molecule has 5 nitrogen and oxygen atoms in total. The Balaban J connectivity index is 1.49. The second kappa shape index (κ2) is 8.38. The first-order valence-electron chi connectivity index (χ1n) is 8.06. The van der Waals surface area contributed by atoms with E-state index in [1.807, 2.05) is 24.3 Å². The van der Waals surface area contributed by atoms with Crippen LogP contribution in [0.3, 0.4) is 0 Å². The molecule has 2 aromatic carbocycles. The first kappa shape index (κ1) is 18.5. The number of ether oxygens (including phenoxy) is 1. The maximum atomic E-state index is 12.1. The van der Waals surface area contributed by atoms with Gasteiger partial charge < -0.3 is 4.74 Å². The lowest BCUT2D eigenvalue weighted by Crippen LogP contribution is -2.28. The molecule has 1 heterocycles. The van der Waals surface area contributed by atoms with Crippen LogP contribution in [0, 0.1) is 0 Å². The van der Waals surface area contributed by atoms with E-state index < -0.39 is 5.97 Å². The van der Waals surface area contributed by atoms with E-state index in [1.165, 1.54) is 0 Å². The summed E-state index contributed by atoms with van der Waals surface area (Å²) in [7, 11) is 0. The number of hydrogen-bond acceptors (Lipinski definition) is 5. The van der Waals surface area contributed by atoms with Crippen LogP contribution in [0.2, 0.25) is 5.02 Å². The lowest BCUT2D eigenvalue weighted by atomic mass is 10.2. The van der Waals surface area contributed by atoms with Gasteiger partial charge in [-0.05, 0) is 48.5 Å². The molecule has 134 valence electrons. The first-order valence-corrected chi connectivity index (χ1v) is 9.42. The predicted octanol–water partition coefficient (Wildman–Crippen LogP) is 3.94. The second-order valence-corrected chi connectivity index (χ2v) is 7.21. The molecule has 0 aliphatic carbocycles. The van der Waals surface area contributed by atoms with E-state index in [4.69, 9.17) is 16.3 Å². The fourth-order valence-electron chi connectivity index (χ4n) is 2.52. The summed E-state index contributed by atoms with van der Waals surface area (Å²) >= 11 is 7.40. The zero-order chi connectivity index (χ0) is 18.5. The van der Waals surface area contributed by atoms with Gasteiger partial charge in [0.2, 0.25) is 11.8 Å². The summed E-state index contributed by atoms with van der Waals surface area (Å²) in [6, 6.07) is 13.7. The Morgan fingerprint density at radius 1 is 1.00 bits per heavy atom. The summed E-state index contributed by atoms with van der Waals surface area (Å²) in [6.07, 6.45) is 0.460. The molecule has 2 amide bonds. The van der Waals surface area contributed by atoms with Crippen LogP contribution < -0.4 is 4.90 Å². The minimum Gasteiger partial charge on any atom is -0.461 e. The molecule has 7 heteroatoms. The van der Waals surface area contributed by atoms with Crippen LogP contribution in [-0.4, -0.2) is 30.1 Å². The monoisotopic (exact) mass is 389 g/mol. The van der Waals surface area contributed by atoms with Gasteiger partial charge in [0.05, 0.1) is 11.3 Å². The normalized spacial score (nSPS) is 14.0. The molecule has 1 aliphatic rings. The van der Waals surface area contributed by atoms with Crippen LogP contribution in [-0.2, 0) is 14.3 Å². The van der Waals surface area contributed by atoms with Crippen molar-refractivity contribution in [3.05, 3.63) is 59.1 Å². The van der Waals surface area contributed by atoms with E-state index in [9.17, 15) is 14.4 Å². The fraction of sp³-hybridized carbons (Fsp3) is 0.211. The van der Waals surface area contributed by atoms with Crippen LogP contribution >= 0.6 is 23.4 Å². The smallest absolute Gasteiger partial charge is 0.338 e. The highest BCUT2D eigenvalue weighted by Gasteiger charge is 2.30. The summed E-state index contributed by atoms with van der Waals surface area (Å²) in [5.74, 6) is -0.246. The average Bonchev–Trinajstić information content (AvgIpc) is 2.98. The van der Waals surface area contributed by atoms with E-state index >= 15 is 0 Å². The van der Waals surface area contributed by atoms with Gasteiger partial charge in [-0.3, -0.25) is 14.5 Å². The standard InChI is InChI=1S/C19H16ClNO4S/c20-14-3-7-16(8-4-14)26-12-11-25-19(24)13-1-5-15(6-2-13)21-17(22)9-10-18(21)23/h1-8H,9-12H2. The quantitative estimate of drug-likeness (QED) is 0.324. The van der Waals surface area contributed by atoms with Crippen LogP contribution in [0.4, 0.5) is 5.69 Å². The maximum absolute atomic E-state index is 12.1. The molecule has 0 aromatic heterocycles. The minimum absolute atomic E-state index is 0.218. The number of amides is 2. The van der Waals surface area contributed by atoms with Crippen molar-refractivity contribution < 1.29 is 19.1 Å². The molecule has 0 atom stereocenters. The fourth-order valence-corrected chi connectivity index (χ4v) is 3.38. The lowest BCUT2D eigenvalue weighted by Gasteiger charge is -2.14. The number of hydrogen-bond donors (Lipinski definition) is 0. The van der Waals surface area contributed by atoms with Crippen molar-refractivity contribution in [1.82, 2.24) is 0 Å². The minimum atomic E-state index is -0.438. The Morgan fingerprint density at radius 3 is 2.23 bits per heavy atom. The highest BCUT2D eigenvalue weighted by atomic mass is 35.5. The molecule has 0 radical (unpaired) electrons. The van der Waals surface area contributed by atoms with Crippen molar-refractivity contribution in [2.75, 3.05) is 17.3 Å². The number of carbonyl (C=O) groups excluding carboxylic acids is 3. The molecule has 0 bridgehead atoms. The summed E-state index contributed by atoms with van der Waals surface area (Å²) in [6.45, 7) is 0.275. The molecule has 0 N–H and O–H groups in total. The third-order valence-electron chi connectivity index (χ3n) is 3.81. The maximum Gasteiger partial charge on any atom is 0.338 e. The molecule has 0 unspecified atom stereocenters. The number of imide groups is 1. The van der Waals surface area contributed by atoms with Gasteiger partial charge >= 0.3 is 5.97 Å². The number of anilines is 1. The first-order chi connectivity index (χ1) is 12.5. The van der Waals surface area contributed by atoms with E-state index in [-0.39, 0.29) is 31.3 Å². The highest BCUT2D eigenvalue weighted by molar-refractivity contribution is 7.99. The third-order valence-corrected chi connectivity index (χ3v) is 5.04.